The lowest BCUT2D eigenvalue weighted by Crippen LogP contribution is -2.41. The highest BCUT2D eigenvalue weighted by atomic mass is 16.5. The molecule has 1 aromatic carbocycles. The first-order valence-corrected chi connectivity index (χ1v) is 8.86. The molecule has 0 aliphatic heterocycles. The van der Waals surface area contributed by atoms with Gasteiger partial charge >= 0.3 is 0 Å². The average Bonchev–Trinajstić information content (AvgIpc) is 3.07. The normalized spacial score (nSPS) is 13.6. The molecule has 0 bridgehead atoms. The van der Waals surface area contributed by atoms with Crippen molar-refractivity contribution in [2.45, 2.75) is 45.3 Å². The molecular formula is C19H26N4O2. The van der Waals surface area contributed by atoms with E-state index in [1.165, 1.54) is 0 Å². The first-order chi connectivity index (χ1) is 12.1. The Labute approximate surface area is 147 Å². The highest BCUT2D eigenvalue weighted by Gasteiger charge is 2.36. The van der Waals surface area contributed by atoms with Crippen LogP contribution in [-0.2, 0) is 4.74 Å². The Morgan fingerprint density at radius 1 is 1.24 bits per heavy atom. The van der Waals surface area contributed by atoms with E-state index in [1.807, 2.05) is 49.6 Å². The van der Waals surface area contributed by atoms with E-state index >= 15 is 0 Å². The number of benzene rings is 1. The van der Waals surface area contributed by atoms with Gasteiger partial charge < -0.3 is 20.1 Å². The van der Waals surface area contributed by atoms with Gasteiger partial charge in [-0.25, -0.2) is 9.97 Å². The Balaban J connectivity index is 2.27. The fraction of sp³-hybridized carbons (Fsp3) is 0.474. The monoisotopic (exact) mass is 342 g/mol. The van der Waals surface area contributed by atoms with Crippen molar-refractivity contribution in [1.82, 2.24) is 14.5 Å². The van der Waals surface area contributed by atoms with E-state index in [0.29, 0.717) is 37.4 Å². The molecular weight excluding hydrogens is 316 g/mol. The lowest BCUT2D eigenvalue weighted by molar-refractivity contribution is -0.0503. The molecule has 6 heteroatoms. The maximum absolute atomic E-state index is 11.2. The van der Waals surface area contributed by atoms with Crippen molar-refractivity contribution in [1.29, 1.82) is 0 Å². The zero-order valence-corrected chi connectivity index (χ0v) is 15.1. The van der Waals surface area contributed by atoms with E-state index in [4.69, 9.17) is 10.5 Å². The zero-order chi connectivity index (χ0) is 18.0. The molecule has 25 heavy (non-hydrogen) atoms. The van der Waals surface area contributed by atoms with Gasteiger partial charge in [0.1, 0.15) is 5.52 Å². The van der Waals surface area contributed by atoms with Crippen LogP contribution in [0.4, 0.5) is 5.82 Å². The quantitative estimate of drug-likeness (QED) is 0.688. The van der Waals surface area contributed by atoms with E-state index in [0.717, 1.165) is 16.4 Å². The second kappa shape index (κ2) is 6.98. The average molecular weight is 342 g/mol. The third-order valence-corrected chi connectivity index (χ3v) is 5.10. The van der Waals surface area contributed by atoms with Crippen LogP contribution in [0.1, 0.15) is 39.7 Å². The van der Waals surface area contributed by atoms with Crippen LogP contribution in [0.15, 0.2) is 30.6 Å². The number of hydrogen-bond donors (Lipinski definition) is 2. The number of ether oxygens (including phenoxy) is 1. The smallest absolute Gasteiger partial charge is 0.152 e. The number of nitrogens with two attached hydrogens (primary N) is 1. The number of hydrogen-bond acceptors (Lipinski definition) is 5. The van der Waals surface area contributed by atoms with E-state index in [9.17, 15) is 5.11 Å². The Kier molecular flexibility index (Phi) is 4.92. The van der Waals surface area contributed by atoms with Gasteiger partial charge in [-0.2, -0.15) is 0 Å². The van der Waals surface area contributed by atoms with Crippen LogP contribution in [0.25, 0.3) is 21.9 Å². The minimum absolute atomic E-state index is 0.252. The fourth-order valence-corrected chi connectivity index (χ4v) is 3.45. The van der Waals surface area contributed by atoms with Crippen LogP contribution in [0.5, 0.6) is 0 Å². The van der Waals surface area contributed by atoms with Gasteiger partial charge in [0.2, 0.25) is 0 Å². The Morgan fingerprint density at radius 3 is 2.64 bits per heavy atom. The van der Waals surface area contributed by atoms with Gasteiger partial charge in [-0.1, -0.05) is 32.0 Å². The van der Waals surface area contributed by atoms with Gasteiger partial charge in [-0.3, -0.25) is 0 Å². The molecule has 0 aliphatic carbocycles. The zero-order valence-electron chi connectivity index (χ0n) is 15.1. The van der Waals surface area contributed by atoms with Crippen molar-refractivity contribution < 1.29 is 9.84 Å². The van der Waals surface area contributed by atoms with Gasteiger partial charge in [0.25, 0.3) is 0 Å². The Hall–Kier alpha value is -2.18. The fourth-order valence-electron chi connectivity index (χ4n) is 3.45. The Morgan fingerprint density at radius 2 is 1.96 bits per heavy atom. The van der Waals surface area contributed by atoms with Crippen LogP contribution in [0, 0.1) is 0 Å². The number of aromatic nitrogens is 3. The van der Waals surface area contributed by atoms with Gasteiger partial charge in [0.15, 0.2) is 5.82 Å². The molecule has 3 aromatic rings. The molecule has 3 N–H and O–H groups in total. The summed E-state index contributed by atoms with van der Waals surface area (Å²) >= 11 is 0. The third kappa shape index (κ3) is 2.96. The number of pyridine rings is 1. The van der Waals surface area contributed by atoms with Crippen LogP contribution in [0.3, 0.4) is 0 Å². The Bertz CT molecular complexity index is 870. The van der Waals surface area contributed by atoms with Crippen LogP contribution >= 0.6 is 0 Å². The largest absolute Gasteiger partial charge is 0.388 e. The van der Waals surface area contributed by atoms with Gasteiger partial charge in [-0.15, -0.1) is 0 Å². The summed E-state index contributed by atoms with van der Waals surface area (Å²) in [6.07, 6.45) is 2.99. The maximum Gasteiger partial charge on any atom is 0.152 e. The van der Waals surface area contributed by atoms with Crippen molar-refractivity contribution in [3.05, 3.63) is 30.6 Å². The molecule has 0 amide bonds. The van der Waals surface area contributed by atoms with E-state index in [2.05, 4.69) is 9.97 Å². The number of fused-ring (bicyclic) bond motifs is 3. The number of para-hydroxylation sites is 1. The van der Waals surface area contributed by atoms with Crippen molar-refractivity contribution in [3.8, 4) is 0 Å². The molecule has 134 valence electrons. The number of anilines is 1. The highest BCUT2D eigenvalue weighted by Crippen LogP contribution is 2.35. The number of aliphatic hydroxyl groups is 1. The highest BCUT2D eigenvalue weighted by molar-refractivity contribution is 6.06. The summed E-state index contributed by atoms with van der Waals surface area (Å²) in [5.74, 6) is 0.402. The minimum atomic E-state index is -0.887. The first-order valence-electron chi connectivity index (χ1n) is 8.86. The molecule has 6 nitrogen and oxygen atoms in total. The van der Waals surface area contributed by atoms with Crippen molar-refractivity contribution >= 4 is 27.8 Å². The topological polar surface area (TPSA) is 86.2 Å². The number of nitrogen functional groups attached to an aromatic ring is 1. The predicted molar refractivity (Wildman–Crippen MR) is 101 cm³/mol. The second-order valence-electron chi connectivity index (χ2n) is 6.35. The number of imidazole rings is 1. The first kappa shape index (κ1) is 17.6. The molecule has 0 saturated carbocycles. The third-order valence-electron chi connectivity index (χ3n) is 5.10. The van der Waals surface area contributed by atoms with Gasteiger partial charge in [0.05, 0.1) is 35.6 Å². The van der Waals surface area contributed by atoms with E-state index in [1.54, 1.807) is 6.33 Å². The number of rotatable bonds is 7. The summed E-state index contributed by atoms with van der Waals surface area (Å²) in [5, 5.41) is 12.2. The molecule has 0 fully saturated rings. The summed E-state index contributed by atoms with van der Waals surface area (Å²) in [7, 11) is 0. The van der Waals surface area contributed by atoms with Crippen LogP contribution in [0.2, 0.25) is 0 Å². The molecule has 0 radical (unpaired) electrons. The SMILES string of the molecule is CCOC[C@@H](n1cnc2c(N)nc3ccccc3c21)C(O)(CC)CC. The second-order valence-corrected chi connectivity index (χ2v) is 6.35. The molecule has 0 saturated heterocycles. The molecule has 0 spiro atoms. The molecule has 3 rings (SSSR count). The maximum atomic E-state index is 11.2. The minimum Gasteiger partial charge on any atom is -0.388 e. The van der Waals surface area contributed by atoms with Gasteiger partial charge in [0, 0.05) is 12.0 Å². The lowest BCUT2D eigenvalue weighted by atomic mass is 9.88. The number of nitrogens with zero attached hydrogens (tertiary/aromatic N) is 3. The van der Waals surface area contributed by atoms with Gasteiger partial charge in [-0.05, 0) is 25.8 Å². The molecule has 2 aromatic heterocycles. The van der Waals surface area contributed by atoms with E-state index < -0.39 is 5.60 Å². The molecule has 0 unspecified atom stereocenters. The van der Waals surface area contributed by atoms with Crippen LogP contribution in [-0.4, -0.2) is 38.5 Å². The summed E-state index contributed by atoms with van der Waals surface area (Å²) in [4.78, 5) is 8.94. The lowest BCUT2D eigenvalue weighted by Gasteiger charge is -2.36. The van der Waals surface area contributed by atoms with E-state index in [-0.39, 0.29) is 6.04 Å². The molecule has 2 heterocycles. The molecule has 0 aliphatic rings. The van der Waals surface area contributed by atoms with Crippen molar-refractivity contribution in [2.24, 2.45) is 0 Å². The standard InChI is InChI=1S/C19H26N4O2/c1-4-19(24,5-2)15(11-25-6-3)23-12-21-16-17(23)13-9-7-8-10-14(13)22-18(16)20/h7-10,12,15,24H,4-6,11H2,1-3H3,(H2,20,22)/t15-/m1/s1. The summed E-state index contributed by atoms with van der Waals surface area (Å²) in [5.41, 5.74) is 7.62. The molecule has 1 atom stereocenters. The predicted octanol–water partition coefficient (Wildman–Crippen LogP) is 3.30. The van der Waals surface area contributed by atoms with Crippen molar-refractivity contribution in [2.75, 3.05) is 18.9 Å². The summed E-state index contributed by atoms with van der Waals surface area (Å²) in [6, 6.07) is 7.61. The summed E-state index contributed by atoms with van der Waals surface area (Å²) in [6.45, 7) is 6.95. The van der Waals surface area contributed by atoms with Crippen LogP contribution < -0.4 is 5.73 Å². The van der Waals surface area contributed by atoms with Crippen molar-refractivity contribution in [3.63, 3.8) is 0 Å². The summed E-state index contributed by atoms with van der Waals surface area (Å²) < 4.78 is 7.72.